The minimum Gasteiger partial charge on any atom is -0.481 e. The zero-order valence-electron chi connectivity index (χ0n) is 55.2. The maximum Gasteiger partial charge on any atom is 0.404 e. The van der Waals surface area contributed by atoms with E-state index in [1.54, 1.807) is 6.92 Å². The fraction of sp³-hybridized carbons (Fsp3) is 0.540. The molecule has 9 atom stereocenters. The largest absolute Gasteiger partial charge is 0.481 e. The molecule has 2 aromatic heterocycles. The minimum atomic E-state index is -1.81. The Morgan fingerprint density at radius 2 is 1.51 bits per heavy atom. The Labute approximate surface area is 588 Å². The van der Waals surface area contributed by atoms with E-state index in [0.29, 0.717) is 41.2 Å². The van der Waals surface area contributed by atoms with E-state index in [-0.39, 0.29) is 128 Å². The number of aliphatic carboxylic acids is 4. The summed E-state index contributed by atoms with van der Waals surface area (Å²) in [6.45, 7) is 8.35. The van der Waals surface area contributed by atoms with Gasteiger partial charge < -0.3 is 73.7 Å². The number of carbonyl (C=O) groups is 12. The summed E-state index contributed by atoms with van der Waals surface area (Å²) in [7, 11) is 3.92. The number of benzene rings is 1. The molecule has 1 saturated heterocycles. The zero-order chi connectivity index (χ0) is 72.3. The van der Waals surface area contributed by atoms with Crippen molar-refractivity contribution in [2.24, 2.45) is 57.2 Å². The summed E-state index contributed by atoms with van der Waals surface area (Å²) in [4.78, 5) is 192. The second-order valence-corrected chi connectivity index (χ2v) is 28.5. The van der Waals surface area contributed by atoms with E-state index in [4.69, 9.17) is 32.4 Å². The number of hydrogen-bond acceptors (Lipinski definition) is 25. The summed E-state index contributed by atoms with van der Waals surface area (Å²) < 4.78 is 11.4. The fourth-order valence-corrected chi connectivity index (χ4v) is 15.2. The zero-order valence-corrected chi connectivity index (χ0v) is 58.3. The average Bonchev–Trinajstić information content (AvgIpc) is 1.50. The molecule has 2 aliphatic carbocycles. The van der Waals surface area contributed by atoms with Crippen LogP contribution in [0.1, 0.15) is 123 Å². The van der Waals surface area contributed by atoms with Gasteiger partial charge in [-0.2, -0.15) is 4.98 Å². The molecule has 99 heavy (non-hydrogen) atoms. The normalized spacial score (nSPS) is 19.3. The first-order valence-electron chi connectivity index (χ1n) is 31.4. The van der Waals surface area contributed by atoms with Gasteiger partial charge in [0.25, 0.3) is 11.5 Å². The number of amides is 3. The predicted molar refractivity (Wildman–Crippen MR) is 357 cm³/mol. The van der Waals surface area contributed by atoms with Crippen LogP contribution in [-0.4, -0.2) is 190 Å². The van der Waals surface area contributed by atoms with Gasteiger partial charge in [0, 0.05) is 111 Å². The number of aliphatic imine (C=N–C) groups is 1. The van der Waals surface area contributed by atoms with Gasteiger partial charge in [-0.25, -0.2) is 19.6 Å². The van der Waals surface area contributed by atoms with Crippen LogP contribution in [0.3, 0.4) is 0 Å². The smallest absolute Gasteiger partial charge is 0.404 e. The van der Waals surface area contributed by atoms with Crippen molar-refractivity contribution in [3.63, 3.8) is 0 Å². The van der Waals surface area contributed by atoms with Gasteiger partial charge in [-0.3, -0.25) is 68.0 Å². The van der Waals surface area contributed by atoms with Crippen molar-refractivity contribution in [1.82, 2.24) is 40.8 Å². The molecule has 3 aromatic rings. The van der Waals surface area contributed by atoms with E-state index < -0.39 is 156 Å². The Hall–Kier alpha value is -8.77. The summed E-state index contributed by atoms with van der Waals surface area (Å²) >= 11 is 0. The summed E-state index contributed by atoms with van der Waals surface area (Å²) in [6.07, 6.45) is -2.68. The first kappa shape index (κ1) is 79.2. The van der Waals surface area contributed by atoms with Crippen molar-refractivity contribution in [1.29, 1.82) is 0 Å². The molecular formula is C63H84N14O19S2V. The predicted octanol–water partition coefficient (Wildman–Crippen LogP) is 2.07. The van der Waals surface area contributed by atoms with Gasteiger partial charge in [-0.05, 0) is 94.9 Å². The number of ether oxygens (including phenoxy) is 2. The molecule has 1 radical (unpaired) electrons. The van der Waals surface area contributed by atoms with E-state index >= 15 is 0 Å². The van der Waals surface area contributed by atoms with Crippen LogP contribution < -0.4 is 49.8 Å². The molecule has 2 fully saturated rings. The average molecular weight is 1460 g/mol. The van der Waals surface area contributed by atoms with E-state index in [0.717, 1.165) is 17.2 Å². The quantitative estimate of drug-likeness (QED) is 0.0127. The van der Waals surface area contributed by atoms with Gasteiger partial charge in [0.2, 0.25) is 17.6 Å². The van der Waals surface area contributed by atoms with Gasteiger partial charge in [0.15, 0.2) is 46.0 Å². The van der Waals surface area contributed by atoms with Crippen LogP contribution in [0.4, 0.5) is 16.4 Å². The van der Waals surface area contributed by atoms with Crippen molar-refractivity contribution >= 4 is 121 Å². The van der Waals surface area contributed by atoms with Crippen LogP contribution in [0.2, 0.25) is 0 Å². The first-order chi connectivity index (χ1) is 46.1. The van der Waals surface area contributed by atoms with Crippen molar-refractivity contribution < 1.29 is 107 Å². The van der Waals surface area contributed by atoms with Gasteiger partial charge in [-0.15, -0.1) is 0 Å². The number of ketones is 5. The van der Waals surface area contributed by atoms with Gasteiger partial charge in [-0.1, -0.05) is 35.4 Å². The molecule has 36 heteroatoms. The topological polar surface area (TPSA) is 544 Å². The Morgan fingerprint density at radius 3 is 2.13 bits per heavy atom. The molecule has 2 aliphatic heterocycles. The molecule has 1 saturated carbocycles. The van der Waals surface area contributed by atoms with Crippen LogP contribution in [0.15, 0.2) is 62.7 Å². The summed E-state index contributed by atoms with van der Waals surface area (Å²) in [5.41, 5.74) is 20.0. The molecule has 17 N–H and O–H groups in total. The molecular weight excluding hydrogens is 1370 g/mol. The third-order valence-corrected chi connectivity index (χ3v) is 20.3. The monoisotopic (exact) mass is 1460 g/mol. The number of nitrogens with two attached hydrogens (primary N) is 4. The van der Waals surface area contributed by atoms with Crippen molar-refractivity contribution in [3.05, 3.63) is 74.5 Å². The number of carboxylic acids is 4. The SMILES string of the molecule is CO[C@@]12[C@H](COC(N)=O)C3=C(C(=O)C(C)=C(CC(C)(C)CCSSC[C@H](CC(=O)[C@H](CC(=O)O)NC(=O)[C@H](CCCN=C(N)N)CC(=O)[C@H](CC(=O)O)NC(C)(C)C(=O)CC[C@H](NC(=O)c4ccc(NCc5cnc6nc(N)[nH]c(=O)c6n5)cc4)C(=O)O)C(=O)O)C3=O)N1C[C@@H]1C[C@@H]12.[2HH].[V]. The number of rotatable bonds is 40. The second kappa shape index (κ2) is 33.9. The molecule has 4 heterocycles. The maximum atomic E-state index is 14.5. The molecule has 4 aliphatic rings. The number of anilines is 2. The van der Waals surface area contributed by atoms with Gasteiger partial charge in [0.1, 0.15) is 12.6 Å². The number of methoxy groups -OCH3 is 1. The molecule has 3 amide bonds. The number of nitrogens with one attached hydrogen (secondary N) is 5. The number of aromatic nitrogens is 4. The Kier molecular flexibility index (Phi) is 27.1. The molecule has 0 bridgehead atoms. The molecule has 7 rings (SSSR count). The third-order valence-electron chi connectivity index (χ3n) is 17.9. The standard InChI is InChI=1S/C63H82N14O19S2.V.H2/c1-29-36(51(86)47-38(27-96-60(67)94)63(95-6)37-18-32(37)26-77(63)49(47)50(29)85)23-61(2,3)15-17-97-98-28-33(56(90)91)20-42(78)40(21-45(81)82)73-54(88)31(8-7-16-68-58(64)65)19-43(79)41(22-46(83)84)76-62(4,5)44(80)14-13-39(57(92)93)72-53(87)30-9-11-34(12-10-30)69-24-35-25-70-52-48(71-35)55(89)75-59(66)74-52;;/h9-12,25,31-33,37-41,69,76H,7-8,13-24,26-28H2,1-6H3,(H2,67,94)(H,72,87)(H,73,88)(H,81,82)(H,83,84)(H,90,91)(H,92,93)(H4,64,65,68)(H3,66,70,74,75,89);;1H/t31-,32+,33+,37+,38-,39+,40+,41+,63+;;/m1../s1/i;;1+1. The fourth-order valence-electron chi connectivity index (χ4n) is 12.6. The van der Waals surface area contributed by atoms with Crippen molar-refractivity contribution in [3.8, 4) is 0 Å². The number of guanidine groups is 1. The van der Waals surface area contributed by atoms with Crippen LogP contribution >= 0.6 is 21.6 Å². The number of piperidine rings is 1. The molecule has 0 spiro atoms. The molecule has 33 nitrogen and oxygen atoms in total. The number of nitrogen functional groups attached to an aromatic ring is 1. The number of nitrogens with zero attached hydrogens (tertiary/aromatic N) is 5. The van der Waals surface area contributed by atoms with Gasteiger partial charge >= 0.3 is 30.0 Å². The minimum absolute atomic E-state index is 0. The maximum absolute atomic E-state index is 14.5. The number of primary amides is 1. The van der Waals surface area contributed by atoms with Crippen LogP contribution in [0.5, 0.6) is 0 Å². The van der Waals surface area contributed by atoms with E-state index in [1.165, 1.54) is 62.2 Å². The van der Waals surface area contributed by atoms with E-state index in [9.17, 15) is 82.8 Å². The van der Waals surface area contributed by atoms with E-state index in [1.807, 2.05) is 18.7 Å². The van der Waals surface area contributed by atoms with E-state index in [2.05, 4.69) is 46.2 Å². The number of carbonyl (C=O) groups excluding carboxylic acids is 8. The number of hydrogen-bond donors (Lipinski definition) is 13. The number of fused-ring (bicyclic) bond motifs is 5. The summed E-state index contributed by atoms with van der Waals surface area (Å²) in [5, 5.41) is 50.7. The van der Waals surface area contributed by atoms with Crippen LogP contribution in [-0.2, 0) is 82.5 Å². The number of Topliss-reactive ketones (excluding diaryl/α,β-unsaturated/α-hetero) is 5. The van der Waals surface area contributed by atoms with Crippen LogP contribution in [0, 0.1) is 35.0 Å². The third kappa shape index (κ3) is 20.0. The van der Waals surface area contributed by atoms with Gasteiger partial charge in [0.05, 0.1) is 66.4 Å². The summed E-state index contributed by atoms with van der Waals surface area (Å²) in [6, 6.07) is 0.767. The number of H-pyrrole nitrogens is 1. The molecule has 1 aromatic carbocycles. The Balaban J connectivity index is 0.00000901. The van der Waals surface area contributed by atoms with Crippen molar-refractivity contribution in [2.75, 3.05) is 49.4 Å². The number of allylic oxidation sites excluding steroid dienone is 2. The van der Waals surface area contributed by atoms with Crippen molar-refractivity contribution in [2.45, 2.75) is 141 Å². The first-order valence-corrected chi connectivity index (χ1v) is 33.9. The molecule has 0 unspecified atom stereocenters. The van der Waals surface area contributed by atoms with Crippen LogP contribution in [0.25, 0.3) is 11.2 Å². The summed E-state index contributed by atoms with van der Waals surface area (Å²) in [5.74, 6) is -14.5. The Morgan fingerprint density at radius 1 is 0.848 bits per heavy atom. The Bertz CT molecular complexity index is 3830. The number of aromatic amines is 1. The second-order valence-electron chi connectivity index (χ2n) is 25.9. The molecule has 537 valence electrons. The number of carboxylic acid groups (broad SMARTS) is 4.